The van der Waals surface area contributed by atoms with Gasteiger partial charge in [-0.3, -0.25) is 24.8 Å². The Bertz CT molecular complexity index is 1210. The third-order valence-corrected chi connectivity index (χ3v) is 5.95. The molecule has 2 heterocycles. The smallest absolute Gasteiger partial charge is 0.269 e. The highest BCUT2D eigenvalue weighted by molar-refractivity contribution is 9.10. The molecule has 0 aliphatic rings. The van der Waals surface area contributed by atoms with Crippen molar-refractivity contribution in [3.05, 3.63) is 92.7 Å². The molecular formula is C21H15BrN4O3S. The molecule has 0 N–H and O–H groups in total. The van der Waals surface area contributed by atoms with E-state index < -0.39 is 4.92 Å². The Morgan fingerprint density at radius 3 is 2.63 bits per heavy atom. The lowest BCUT2D eigenvalue weighted by atomic mass is 10.1. The van der Waals surface area contributed by atoms with E-state index in [9.17, 15) is 14.9 Å². The minimum atomic E-state index is -0.460. The largest absolute Gasteiger partial charge is 0.282 e. The minimum Gasteiger partial charge on any atom is -0.282 e. The Balaban J connectivity index is 1.65. The van der Waals surface area contributed by atoms with Gasteiger partial charge in [-0.2, -0.15) is 0 Å². The molecule has 0 saturated heterocycles. The van der Waals surface area contributed by atoms with E-state index in [1.54, 1.807) is 23.2 Å². The molecule has 0 fully saturated rings. The number of nitro benzene ring substituents is 1. The number of fused-ring (bicyclic) bond motifs is 1. The monoisotopic (exact) mass is 482 g/mol. The number of hydrogen-bond donors (Lipinski definition) is 0. The van der Waals surface area contributed by atoms with Gasteiger partial charge in [0.2, 0.25) is 5.91 Å². The van der Waals surface area contributed by atoms with Crippen LogP contribution in [0.15, 0.2) is 71.3 Å². The SMILES string of the molecule is O=C(Cc1ccc([N+](=O)[O-])cc1)N(Cc1ccccn1)c1nc2ccc(Br)cc2s1. The predicted octanol–water partition coefficient (Wildman–Crippen LogP) is 5.14. The topological polar surface area (TPSA) is 89.2 Å². The van der Waals surface area contributed by atoms with Gasteiger partial charge < -0.3 is 0 Å². The summed E-state index contributed by atoms with van der Waals surface area (Å²) < 4.78 is 1.91. The van der Waals surface area contributed by atoms with Gasteiger partial charge in [0, 0.05) is 22.8 Å². The highest BCUT2D eigenvalue weighted by atomic mass is 79.9. The Hall–Kier alpha value is -3.17. The Morgan fingerprint density at radius 1 is 1.13 bits per heavy atom. The van der Waals surface area contributed by atoms with E-state index in [1.165, 1.54) is 23.5 Å². The summed E-state index contributed by atoms with van der Waals surface area (Å²) in [6, 6.07) is 17.3. The average Bonchev–Trinajstić information content (AvgIpc) is 3.15. The Morgan fingerprint density at radius 2 is 1.93 bits per heavy atom. The lowest BCUT2D eigenvalue weighted by Gasteiger charge is -2.19. The molecule has 0 radical (unpaired) electrons. The quantitative estimate of drug-likeness (QED) is 0.280. The number of nitro groups is 1. The average molecular weight is 483 g/mol. The fourth-order valence-electron chi connectivity index (χ4n) is 2.92. The van der Waals surface area contributed by atoms with Gasteiger partial charge in [-0.25, -0.2) is 4.98 Å². The fourth-order valence-corrected chi connectivity index (χ4v) is 4.46. The molecule has 0 spiro atoms. The van der Waals surface area contributed by atoms with Crippen molar-refractivity contribution in [2.24, 2.45) is 0 Å². The standard InChI is InChI=1S/C21H15BrN4O3S/c22-15-6-9-18-19(12-15)30-21(24-18)25(13-16-3-1-2-10-23-16)20(27)11-14-4-7-17(8-5-14)26(28)29/h1-10,12H,11,13H2. The van der Waals surface area contributed by atoms with Gasteiger partial charge in [0.15, 0.2) is 5.13 Å². The summed E-state index contributed by atoms with van der Waals surface area (Å²) in [6.45, 7) is 0.285. The molecular weight excluding hydrogens is 468 g/mol. The van der Waals surface area contributed by atoms with Crippen molar-refractivity contribution in [2.45, 2.75) is 13.0 Å². The second-order valence-corrected chi connectivity index (χ2v) is 8.43. The van der Waals surface area contributed by atoms with Crippen molar-refractivity contribution in [1.29, 1.82) is 0 Å². The van der Waals surface area contributed by atoms with Crippen LogP contribution in [0.4, 0.5) is 10.8 Å². The number of thiazole rings is 1. The number of benzene rings is 2. The van der Waals surface area contributed by atoms with E-state index in [2.05, 4.69) is 25.9 Å². The molecule has 0 aliphatic heterocycles. The number of non-ortho nitro benzene ring substituents is 1. The number of halogens is 1. The first-order chi connectivity index (χ1) is 14.5. The van der Waals surface area contributed by atoms with Crippen LogP contribution >= 0.6 is 27.3 Å². The maximum atomic E-state index is 13.2. The molecule has 7 nitrogen and oxygen atoms in total. The molecule has 1 amide bonds. The number of aromatic nitrogens is 2. The molecule has 0 bridgehead atoms. The molecule has 9 heteroatoms. The molecule has 4 aromatic rings. The zero-order valence-corrected chi connectivity index (χ0v) is 18.0. The van der Waals surface area contributed by atoms with Crippen molar-refractivity contribution in [1.82, 2.24) is 9.97 Å². The number of amides is 1. The first-order valence-electron chi connectivity index (χ1n) is 8.99. The highest BCUT2D eigenvalue weighted by Gasteiger charge is 2.21. The maximum absolute atomic E-state index is 13.2. The number of nitrogens with zero attached hydrogens (tertiary/aromatic N) is 4. The van der Waals surface area contributed by atoms with Crippen molar-refractivity contribution in [2.75, 3.05) is 4.90 Å². The third kappa shape index (κ3) is 4.52. The predicted molar refractivity (Wildman–Crippen MR) is 120 cm³/mol. The van der Waals surface area contributed by atoms with E-state index in [4.69, 9.17) is 0 Å². The van der Waals surface area contributed by atoms with Crippen LogP contribution in [-0.4, -0.2) is 20.8 Å². The number of carbonyl (C=O) groups is 1. The molecule has 30 heavy (non-hydrogen) atoms. The maximum Gasteiger partial charge on any atom is 0.269 e. The summed E-state index contributed by atoms with van der Waals surface area (Å²) in [5, 5.41) is 11.4. The zero-order chi connectivity index (χ0) is 21.1. The number of hydrogen-bond acceptors (Lipinski definition) is 6. The summed E-state index contributed by atoms with van der Waals surface area (Å²) in [6.07, 6.45) is 1.79. The second kappa shape index (κ2) is 8.68. The second-order valence-electron chi connectivity index (χ2n) is 6.51. The van der Waals surface area contributed by atoms with Gasteiger partial charge >= 0.3 is 0 Å². The summed E-state index contributed by atoms with van der Waals surface area (Å²) in [7, 11) is 0. The van der Waals surface area contributed by atoms with Crippen LogP contribution in [0, 0.1) is 10.1 Å². The molecule has 4 rings (SSSR count). The van der Waals surface area contributed by atoms with Crippen molar-refractivity contribution >= 4 is 54.2 Å². The first-order valence-corrected chi connectivity index (χ1v) is 10.6. The van der Waals surface area contributed by atoms with E-state index >= 15 is 0 Å². The van der Waals surface area contributed by atoms with Crippen LogP contribution in [-0.2, 0) is 17.8 Å². The summed E-state index contributed by atoms with van der Waals surface area (Å²) >= 11 is 4.89. The molecule has 150 valence electrons. The van der Waals surface area contributed by atoms with Crippen LogP contribution < -0.4 is 4.90 Å². The lowest BCUT2D eigenvalue weighted by molar-refractivity contribution is -0.384. The van der Waals surface area contributed by atoms with E-state index in [1.807, 2.05) is 36.4 Å². The van der Waals surface area contributed by atoms with E-state index in [0.717, 1.165) is 20.4 Å². The van der Waals surface area contributed by atoms with Crippen molar-refractivity contribution in [3.63, 3.8) is 0 Å². The van der Waals surface area contributed by atoms with Gasteiger partial charge in [-0.05, 0) is 35.9 Å². The lowest BCUT2D eigenvalue weighted by Crippen LogP contribution is -2.32. The highest BCUT2D eigenvalue weighted by Crippen LogP contribution is 2.32. The molecule has 0 unspecified atom stereocenters. The third-order valence-electron chi connectivity index (χ3n) is 4.42. The van der Waals surface area contributed by atoms with Crippen LogP contribution in [0.3, 0.4) is 0 Å². The van der Waals surface area contributed by atoms with Crippen molar-refractivity contribution in [3.8, 4) is 0 Å². The van der Waals surface area contributed by atoms with Crippen LogP contribution in [0.1, 0.15) is 11.3 Å². The number of anilines is 1. The van der Waals surface area contributed by atoms with Gasteiger partial charge in [0.05, 0.1) is 33.8 Å². The first kappa shape index (κ1) is 20.1. The zero-order valence-electron chi connectivity index (χ0n) is 15.6. The summed E-state index contributed by atoms with van der Waals surface area (Å²) in [5.41, 5.74) is 2.25. The normalized spacial score (nSPS) is 10.8. The number of pyridine rings is 1. The molecule has 0 atom stereocenters. The summed E-state index contributed by atoms with van der Waals surface area (Å²) in [4.78, 5) is 34.2. The van der Waals surface area contributed by atoms with Gasteiger partial charge in [0.25, 0.3) is 5.69 Å². The van der Waals surface area contributed by atoms with Crippen LogP contribution in [0.5, 0.6) is 0 Å². The Labute approximate surface area is 184 Å². The van der Waals surface area contributed by atoms with E-state index in [-0.39, 0.29) is 24.6 Å². The molecule has 0 aliphatic carbocycles. The van der Waals surface area contributed by atoms with Crippen LogP contribution in [0.25, 0.3) is 10.2 Å². The van der Waals surface area contributed by atoms with E-state index in [0.29, 0.717) is 10.7 Å². The number of carbonyl (C=O) groups excluding carboxylic acids is 1. The van der Waals surface area contributed by atoms with Crippen LogP contribution in [0.2, 0.25) is 0 Å². The summed E-state index contributed by atoms with van der Waals surface area (Å²) in [5.74, 6) is -0.160. The van der Waals surface area contributed by atoms with Crippen molar-refractivity contribution < 1.29 is 9.72 Å². The minimum absolute atomic E-state index is 0.00621. The fraction of sp³-hybridized carbons (Fsp3) is 0.0952. The number of rotatable bonds is 6. The molecule has 2 aromatic carbocycles. The van der Waals surface area contributed by atoms with Gasteiger partial charge in [0.1, 0.15) is 0 Å². The molecule has 0 saturated carbocycles. The van der Waals surface area contributed by atoms with Gasteiger partial charge in [-0.1, -0.05) is 45.5 Å². The molecule has 2 aromatic heterocycles. The van der Waals surface area contributed by atoms with Gasteiger partial charge in [-0.15, -0.1) is 0 Å². The Kier molecular flexibility index (Phi) is 5.82.